The number of allylic oxidation sites excluding steroid dienone is 2. The summed E-state index contributed by atoms with van der Waals surface area (Å²) in [5.74, 6) is -0.798. The molecule has 0 heterocycles. The van der Waals surface area contributed by atoms with Crippen molar-refractivity contribution in [3.8, 4) is 0 Å². The Bertz CT molecular complexity index is 939. The zero-order chi connectivity index (χ0) is 23.0. The number of halogens is 3. The molecule has 0 spiro atoms. The molecule has 4 aliphatic carbocycles. The van der Waals surface area contributed by atoms with E-state index >= 15 is 0 Å². The van der Waals surface area contributed by atoms with Crippen LogP contribution >= 0.6 is 0 Å². The standard InChI is InChI=1S/C22H29F3O5S/c1-12(26)30-13-6-8-20(2)16-7-9-21(3)15(14(16)11-18(27)17(20)10-13)4-5-19(21)31(28,29)22(23,24)25/h5,13-17H,4,6-11H2,1-3H3/t13-,14-,15-,16-,17?,20+,21-/m0/s1. The van der Waals surface area contributed by atoms with Gasteiger partial charge in [0.15, 0.2) is 0 Å². The van der Waals surface area contributed by atoms with Gasteiger partial charge in [0.1, 0.15) is 11.9 Å². The molecule has 5 nitrogen and oxygen atoms in total. The van der Waals surface area contributed by atoms with Gasteiger partial charge in [-0.15, -0.1) is 0 Å². The maximum absolute atomic E-state index is 13.3. The summed E-state index contributed by atoms with van der Waals surface area (Å²) in [6, 6.07) is 0. The minimum atomic E-state index is -5.39. The van der Waals surface area contributed by atoms with Gasteiger partial charge in [0.2, 0.25) is 0 Å². The fraction of sp³-hybridized carbons (Fsp3) is 0.818. The molecule has 3 saturated carbocycles. The Morgan fingerprint density at radius 1 is 1.16 bits per heavy atom. The molecule has 31 heavy (non-hydrogen) atoms. The van der Waals surface area contributed by atoms with Crippen LogP contribution in [0.4, 0.5) is 13.2 Å². The molecule has 3 fully saturated rings. The Labute approximate surface area is 180 Å². The Hall–Kier alpha value is -1.38. The Morgan fingerprint density at radius 3 is 2.45 bits per heavy atom. The lowest BCUT2D eigenvalue weighted by atomic mass is 9.45. The third kappa shape index (κ3) is 3.28. The average molecular weight is 463 g/mol. The monoisotopic (exact) mass is 462 g/mol. The van der Waals surface area contributed by atoms with Crippen LogP contribution in [0.1, 0.15) is 65.7 Å². The number of carbonyl (C=O) groups excluding carboxylic acids is 2. The summed E-state index contributed by atoms with van der Waals surface area (Å²) in [5.41, 5.74) is -6.71. The van der Waals surface area contributed by atoms with Gasteiger partial charge in [-0.3, -0.25) is 9.59 Å². The molecule has 0 N–H and O–H groups in total. The smallest absolute Gasteiger partial charge is 0.463 e. The summed E-state index contributed by atoms with van der Waals surface area (Å²) in [6.45, 7) is 5.08. The van der Waals surface area contributed by atoms with E-state index in [2.05, 4.69) is 6.92 Å². The van der Waals surface area contributed by atoms with Gasteiger partial charge in [-0.1, -0.05) is 19.9 Å². The number of fused-ring (bicyclic) bond motifs is 5. The van der Waals surface area contributed by atoms with Gasteiger partial charge in [0, 0.05) is 24.7 Å². The molecular formula is C22H29F3O5S. The lowest BCUT2D eigenvalue weighted by molar-refractivity contribution is -0.167. The normalized spacial score (nSPS) is 42.8. The van der Waals surface area contributed by atoms with Gasteiger partial charge in [-0.25, -0.2) is 8.42 Å². The summed E-state index contributed by atoms with van der Waals surface area (Å²) in [7, 11) is -5.39. The summed E-state index contributed by atoms with van der Waals surface area (Å²) >= 11 is 0. The van der Waals surface area contributed by atoms with Gasteiger partial charge in [-0.05, 0) is 61.7 Å². The molecule has 9 heteroatoms. The number of esters is 1. The number of ketones is 1. The number of carbonyl (C=O) groups is 2. The van der Waals surface area contributed by atoms with Crippen LogP contribution in [0.2, 0.25) is 0 Å². The van der Waals surface area contributed by atoms with Crippen molar-refractivity contribution in [2.75, 3.05) is 0 Å². The molecule has 0 aromatic heterocycles. The second-order valence-corrected chi connectivity index (χ2v) is 12.2. The van der Waals surface area contributed by atoms with E-state index < -0.39 is 25.7 Å². The number of sulfone groups is 1. The van der Waals surface area contributed by atoms with E-state index in [-0.39, 0.29) is 59.8 Å². The summed E-state index contributed by atoms with van der Waals surface area (Å²) in [5, 5.41) is 0. The van der Waals surface area contributed by atoms with Gasteiger partial charge in [0.05, 0.1) is 4.91 Å². The van der Waals surface area contributed by atoms with Crippen LogP contribution in [-0.4, -0.2) is 31.8 Å². The second kappa shape index (κ2) is 7.06. The average Bonchev–Trinajstić information content (AvgIpc) is 2.99. The topological polar surface area (TPSA) is 77.5 Å². The quantitative estimate of drug-likeness (QED) is 0.562. The predicted octanol–water partition coefficient (Wildman–Crippen LogP) is 4.57. The lowest BCUT2D eigenvalue weighted by Crippen LogP contribution is -2.57. The van der Waals surface area contributed by atoms with Crippen LogP contribution in [-0.2, 0) is 24.2 Å². The Morgan fingerprint density at radius 2 is 1.84 bits per heavy atom. The van der Waals surface area contributed by atoms with E-state index in [1.807, 2.05) is 0 Å². The van der Waals surface area contributed by atoms with Gasteiger partial charge < -0.3 is 4.74 Å². The maximum Gasteiger partial charge on any atom is 0.501 e. The number of hydrogen-bond donors (Lipinski definition) is 0. The summed E-state index contributed by atoms with van der Waals surface area (Å²) < 4.78 is 69.8. The number of ether oxygens (including phenoxy) is 1. The van der Waals surface area contributed by atoms with E-state index in [9.17, 15) is 31.2 Å². The van der Waals surface area contributed by atoms with E-state index in [0.29, 0.717) is 32.1 Å². The zero-order valence-electron chi connectivity index (χ0n) is 18.0. The molecule has 0 amide bonds. The Balaban J connectivity index is 1.62. The highest BCUT2D eigenvalue weighted by Crippen LogP contribution is 2.66. The first-order valence-electron chi connectivity index (χ1n) is 10.9. The SMILES string of the molecule is CC(=O)O[C@H]1CC[C@@]2(C)C(C1)C(=O)C[C@@H]1[C@@H]2CC[C@]2(C)C(S(=O)(=O)C(F)(F)F)=CC[C@@H]12. The van der Waals surface area contributed by atoms with Gasteiger partial charge in [0.25, 0.3) is 9.84 Å². The lowest BCUT2D eigenvalue weighted by Gasteiger charge is -2.59. The van der Waals surface area contributed by atoms with E-state index in [1.165, 1.54) is 13.0 Å². The first-order chi connectivity index (χ1) is 14.2. The largest absolute Gasteiger partial charge is 0.501 e. The molecular weight excluding hydrogens is 433 g/mol. The van der Waals surface area contributed by atoms with Crippen LogP contribution in [0.5, 0.6) is 0 Å². The minimum Gasteiger partial charge on any atom is -0.463 e. The van der Waals surface area contributed by atoms with E-state index in [1.54, 1.807) is 6.92 Å². The molecule has 0 radical (unpaired) electrons. The highest BCUT2D eigenvalue weighted by atomic mass is 32.2. The van der Waals surface area contributed by atoms with E-state index in [0.717, 1.165) is 0 Å². The third-order valence-corrected chi connectivity index (χ3v) is 10.7. The number of hydrogen-bond acceptors (Lipinski definition) is 5. The van der Waals surface area contributed by atoms with Crippen molar-refractivity contribution >= 4 is 21.6 Å². The second-order valence-electron chi connectivity index (χ2n) is 10.3. The maximum atomic E-state index is 13.3. The zero-order valence-corrected chi connectivity index (χ0v) is 18.8. The molecule has 4 rings (SSSR count). The molecule has 0 bridgehead atoms. The molecule has 0 aromatic carbocycles. The molecule has 7 atom stereocenters. The van der Waals surface area contributed by atoms with Crippen molar-refractivity contribution in [2.45, 2.75) is 77.3 Å². The number of alkyl halides is 3. The minimum absolute atomic E-state index is 0.0666. The first kappa shape index (κ1) is 22.8. The molecule has 174 valence electrons. The van der Waals surface area contributed by atoms with Crippen molar-refractivity contribution in [3.63, 3.8) is 0 Å². The molecule has 0 aliphatic heterocycles. The van der Waals surface area contributed by atoms with Crippen LogP contribution in [0, 0.1) is 34.5 Å². The van der Waals surface area contributed by atoms with Crippen LogP contribution in [0.3, 0.4) is 0 Å². The van der Waals surface area contributed by atoms with E-state index in [4.69, 9.17) is 4.74 Å². The van der Waals surface area contributed by atoms with Crippen LogP contribution in [0.15, 0.2) is 11.0 Å². The predicted molar refractivity (Wildman–Crippen MR) is 106 cm³/mol. The highest BCUT2D eigenvalue weighted by Gasteiger charge is 2.64. The third-order valence-electron chi connectivity index (χ3n) is 8.85. The van der Waals surface area contributed by atoms with Crippen molar-refractivity contribution in [2.24, 2.45) is 34.5 Å². The molecule has 0 saturated heterocycles. The van der Waals surface area contributed by atoms with Crippen LogP contribution < -0.4 is 0 Å². The van der Waals surface area contributed by atoms with Crippen LogP contribution in [0.25, 0.3) is 0 Å². The molecule has 1 unspecified atom stereocenters. The van der Waals surface area contributed by atoms with Crippen molar-refractivity contribution in [1.82, 2.24) is 0 Å². The highest BCUT2D eigenvalue weighted by molar-refractivity contribution is 7.96. The fourth-order valence-electron chi connectivity index (χ4n) is 7.42. The Kier molecular flexibility index (Phi) is 5.19. The first-order valence-corrected chi connectivity index (χ1v) is 12.4. The van der Waals surface area contributed by atoms with Gasteiger partial charge in [-0.2, -0.15) is 13.2 Å². The van der Waals surface area contributed by atoms with Gasteiger partial charge >= 0.3 is 11.5 Å². The number of rotatable bonds is 2. The fourth-order valence-corrected chi connectivity index (χ4v) is 8.85. The summed E-state index contributed by atoms with van der Waals surface area (Å²) in [6.07, 6.45) is 4.33. The molecule has 4 aliphatic rings. The van der Waals surface area contributed by atoms with Crippen molar-refractivity contribution in [1.29, 1.82) is 0 Å². The summed E-state index contributed by atoms with van der Waals surface area (Å²) in [4.78, 5) is 24.1. The molecule has 0 aromatic rings. The van der Waals surface area contributed by atoms with Crippen molar-refractivity contribution in [3.05, 3.63) is 11.0 Å². The van der Waals surface area contributed by atoms with Crippen molar-refractivity contribution < 1.29 is 35.9 Å². The number of Topliss-reactive ketones (excluding diaryl/α,β-unsaturated/α-hetero) is 1.